The number of rotatable bonds is 6. The van der Waals surface area contributed by atoms with E-state index in [9.17, 15) is 12.8 Å². The van der Waals surface area contributed by atoms with Crippen molar-refractivity contribution >= 4 is 21.8 Å². The molecule has 0 aliphatic carbocycles. The van der Waals surface area contributed by atoms with Crippen molar-refractivity contribution in [3.05, 3.63) is 36.3 Å². The topological polar surface area (TPSA) is 78.9 Å². The molecule has 0 atom stereocenters. The number of ether oxygens (including phenoxy) is 1. The molecular weight excluding hydrogens is 409 g/mol. The fourth-order valence-electron chi connectivity index (χ4n) is 3.81. The molecule has 0 amide bonds. The molecule has 10 heteroatoms. The van der Waals surface area contributed by atoms with Gasteiger partial charge in [0.2, 0.25) is 16.0 Å². The molecule has 30 heavy (non-hydrogen) atoms. The van der Waals surface area contributed by atoms with Crippen LogP contribution < -0.4 is 14.5 Å². The third-order valence-corrected chi connectivity index (χ3v) is 7.32. The molecule has 0 N–H and O–H groups in total. The van der Waals surface area contributed by atoms with Crippen molar-refractivity contribution in [2.45, 2.75) is 24.7 Å². The normalized spacial score (nSPS) is 18.1. The maximum absolute atomic E-state index is 14.1. The van der Waals surface area contributed by atoms with Gasteiger partial charge in [0.15, 0.2) is 11.6 Å². The summed E-state index contributed by atoms with van der Waals surface area (Å²) in [7, 11) is -3.77. The number of nitrogens with zero attached hydrogens (tertiary/aromatic N) is 5. The summed E-state index contributed by atoms with van der Waals surface area (Å²) in [6, 6.07) is 5.64. The Hall–Kier alpha value is -2.46. The zero-order valence-electron chi connectivity index (χ0n) is 17.0. The number of sulfonamides is 1. The number of hydrogen-bond acceptors (Lipinski definition) is 7. The maximum atomic E-state index is 14.1. The molecule has 3 heterocycles. The number of benzene rings is 1. The lowest BCUT2D eigenvalue weighted by Gasteiger charge is -2.34. The fraction of sp³-hybridized carbons (Fsp3) is 0.500. The summed E-state index contributed by atoms with van der Waals surface area (Å²) >= 11 is 0. The first-order valence-corrected chi connectivity index (χ1v) is 11.7. The Balaban J connectivity index is 1.44. The van der Waals surface area contributed by atoms with Crippen LogP contribution in [-0.2, 0) is 10.0 Å². The third kappa shape index (κ3) is 4.20. The highest BCUT2D eigenvalue weighted by molar-refractivity contribution is 7.89. The van der Waals surface area contributed by atoms with Gasteiger partial charge in [0.25, 0.3) is 0 Å². The van der Waals surface area contributed by atoms with Crippen LogP contribution in [0.2, 0.25) is 0 Å². The Labute approximate surface area is 176 Å². The predicted octanol–water partition coefficient (Wildman–Crippen LogP) is 2.13. The molecule has 2 aromatic rings. The molecule has 4 rings (SSSR count). The van der Waals surface area contributed by atoms with Gasteiger partial charge in [-0.2, -0.15) is 9.29 Å². The van der Waals surface area contributed by atoms with Crippen LogP contribution in [0.5, 0.6) is 5.75 Å². The second kappa shape index (κ2) is 8.73. The lowest BCUT2D eigenvalue weighted by Crippen LogP contribution is -2.49. The smallest absolute Gasteiger partial charge is 0.243 e. The van der Waals surface area contributed by atoms with Crippen molar-refractivity contribution in [3.63, 3.8) is 0 Å². The SMILES string of the molecule is CCOc1ccc(S(=O)(=O)N2CCN(c3ccnc(N4CCCC4)n3)CC2)cc1F. The van der Waals surface area contributed by atoms with Gasteiger partial charge in [0, 0.05) is 45.5 Å². The van der Waals surface area contributed by atoms with E-state index in [2.05, 4.69) is 19.8 Å². The van der Waals surface area contributed by atoms with Crippen LogP contribution in [0.3, 0.4) is 0 Å². The second-order valence-corrected chi connectivity index (χ2v) is 9.26. The standard InChI is InChI=1S/C20H26FN5O3S/c1-2-29-18-6-5-16(15-17(18)21)30(27,28)26-13-11-24(12-14-26)19-7-8-22-20(23-19)25-9-3-4-10-25/h5-8,15H,2-4,9-14H2,1H3. The van der Waals surface area contributed by atoms with Gasteiger partial charge >= 0.3 is 0 Å². The lowest BCUT2D eigenvalue weighted by atomic mass is 10.3. The summed E-state index contributed by atoms with van der Waals surface area (Å²) in [5.74, 6) is 0.909. The molecule has 162 valence electrons. The van der Waals surface area contributed by atoms with E-state index in [1.165, 1.54) is 16.4 Å². The van der Waals surface area contributed by atoms with Gasteiger partial charge in [-0.25, -0.2) is 17.8 Å². The van der Waals surface area contributed by atoms with Gasteiger partial charge in [0.05, 0.1) is 11.5 Å². The Morgan fingerprint density at radius 3 is 2.43 bits per heavy atom. The number of aromatic nitrogens is 2. The van der Waals surface area contributed by atoms with E-state index in [-0.39, 0.29) is 10.6 Å². The van der Waals surface area contributed by atoms with Crippen molar-refractivity contribution in [2.24, 2.45) is 0 Å². The highest BCUT2D eigenvalue weighted by atomic mass is 32.2. The van der Waals surface area contributed by atoms with Gasteiger partial charge in [-0.1, -0.05) is 0 Å². The number of halogens is 1. The Morgan fingerprint density at radius 1 is 1.03 bits per heavy atom. The minimum atomic E-state index is -3.77. The monoisotopic (exact) mass is 435 g/mol. The van der Waals surface area contributed by atoms with Gasteiger partial charge in [0.1, 0.15) is 5.82 Å². The number of piperazine rings is 1. The summed E-state index contributed by atoms with van der Waals surface area (Å²) in [6.07, 6.45) is 4.05. The van der Waals surface area contributed by atoms with Crippen LogP contribution in [0.15, 0.2) is 35.4 Å². The predicted molar refractivity (Wildman–Crippen MR) is 112 cm³/mol. The summed E-state index contributed by atoms with van der Waals surface area (Å²) in [4.78, 5) is 13.2. The molecule has 8 nitrogen and oxygen atoms in total. The van der Waals surface area contributed by atoms with Gasteiger partial charge in [-0.05, 0) is 44.0 Å². The fourth-order valence-corrected chi connectivity index (χ4v) is 5.24. The van der Waals surface area contributed by atoms with Crippen molar-refractivity contribution in [3.8, 4) is 5.75 Å². The van der Waals surface area contributed by atoms with Crippen molar-refractivity contribution < 1.29 is 17.5 Å². The van der Waals surface area contributed by atoms with Crippen LogP contribution in [0.25, 0.3) is 0 Å². The molecule has 2 aliphatic rings. The summed E-state index contributed by atoms with van der Waals surface area (Å²) in [5.41, 5.74) is 0. The van der Waals surface area contributed by atoms with Crippen LogP contribution in [0, 0.1) is 5.82 Å². The molecule has 1 aromatic heterocycles. The molecule has 0 bridgehead atoms. The maximum Gasteiger partial charge on any atom is 0.243 e. The van der Waals surface area contributed by atoms with Crippen molar-refractivity contribution in [2.75, 3.05) is 55.7 Å². The Bertz CT molecular complexity index is 990. The van der Waals surface area contributed by atoms with Crippen molar-refractivity contribution in [1.82, 2.24) is 14.3 Å². The van der Waals surface area contributed by atoms with Crippen LogP contribution >= 0.6 is 0 Å². The van der Waals surface area contributed by atoms with E-state index < -0.39 is 15.8 Å². The molecule has 0 spiro atoms. The molecule has 2 saturated heterocycles. The van der Waals surface area contributed by atoms with Crippen LogP contribution in [0.1, 0.15) is 19.8 Å². The molecule has 2 fully saturated rings. The second-order valence-electron chi connectivity index (χ2n) is 7.33. The van der Waals surface area contributed by atoms with Gasteiger partial charge < -0.3 is 14.5 Å². The summed E-state index contributed by atoms with van der Waals surface area (Å²) < 4.78 is 46.6. The van der Waals surface area contributed by atoms with Gasteiger partial charge in [-0.3, -0.25) is 0 Å². The van der Waals surface area contributed by atoms with E-state index in [4.69, 9.17) is 4.74 Å². The Morgan fingerprint density at radius 2 is 1.77 bits per heavy atom. The molecule has 1 aromatic carbocycles. The molecule has 0 saturated carbocycles. The van der Waals surface area contributed by atoms with Crippen LogP contribution in [0.4, 0.5) is 16.2 Å². The molecule has 2 aliphatic heterocycles. The minimum Gasteiger partial charge on any atom is -0.491 e. The molecular formula is C20H26FN5O3S. The van der Waals surface area contributed by atoms with Gasteiger partial charge in [-0.15, -0.1) is 0 Å². The quantitative estimate of drug-likeness (QED) is 0.688. The van der Waals surface area contributed by atoms with E-state index in [1.807, 2.05) is 6.07 Å². The lowest BCUT2D eigenvalue weighted by molar-refractivity contribution is 0.321. The highest BCUT2D eigenvalue weighted by Gasteiger charge is 2.30. The zero-order valence-corrected chi connectivity index (χ0v) is 17.8. The third-order valence-electron chi connectivity index (χ3n) is 5.42. The largest absolute Gasteiger partial charge is 0.491 e. The molecule has 0 unspecified atom stereocenters. The average molecular weight is 436 g/mol. The van der Waals surface area contributed by atoms with E-state index >= 15 is 0 Å². The average Bonchev–Trinajstić information content (AvgIpc) is 3.30. The summed E-state index contributed by atoms with van der Waals surface area (Å²) in [5, 5.41) is 0. The first-order chi connectivity index (χ1) is 14.5. The minimum absolute atomic E-state index is 0.0545. The van der Waals surface area contributed by atoms with Crippen molar-refractivity contribution in [1.29, 1.82) is 0 Å². The van der Waals surface area contributed by atoms with E-state index in [0.717, 1.165) is 43.8 Å². The van der Waals surface area contributed by atoms with E-state index in [0.29, 0.717) is 32.8 Å². The first-order valence-electron chi connectivity index (χ1n) is 10.2. The summed E-state index contributed by atoms with van der Waals surface area (Å²) in [6.45, 7) is 5.62. The zero-order chi connectivity index (χ0) is 21.1. The first kappa shape index (κ1) is 20.8. The Kier molecular flexibility index (Phi) is 6.05. The highest BCUT2D eigenvalue weighted by Crippen LogP contribution is 2.25. The number of hydrogen-bond donors (Lipinski definition) is 0. The van der Waals surface area contributed by atoms with Crippen LogP contribution in [-0.4, -0.2) is 68.6 Å². The van der Waals surface area contributed by atoms with E-state index in [1.54, 1.807) is 13.1 Å². The number of anilines is 2. The molecule has 0 radical (unpaired) electrons.